The van der Waals surface area contributed by atoms with Gasteiger partial charge in [-0.25, -0.2) is 14.5 Å². The van der Waals surface area contributed by atoms with Gasteiger partial charge in [0.1, 0.15) is 17.3 Å². The quantitative estimate of drug-likeness (QED) is 0.0270. The van der Waals surface area contributed by atoms with Gasteiger partial charge in [0.05, 0.1) is 26.4 Å². The summed E-state index contributed by atoms with van der Waals surface area (Å²) in [5, 5.41) is 1.44. The Balaban J connectivity index is 0.000000298. The van der Waals surface area contributed by atoms with Crippen LogP contribution in [0.5, 0.6) is 11.5 Å². The van der Waals surface area contributed by atoms with Gasteiger partial charge in [-0.05, 0) is 91.8 Å². The predicted molar refractivity (Wildman–Crippen MR) is 368 cm³/mol. The maximum Gasteiger partial charge on any atom is 0.333 e. The predicted octanol–water partition coefficient (Wildman–Crippen LogP) is 17.1. The Labute approximate surface area is 565 Å². The summed E-state index contributed by atoms with van der Waals surface area (Å²) in [5.41, 5.74) is 1.48. The van der Waals surface area contributed by atoms with E-state index in [0.717, 1.165) is 125 Å². The summed E-state index contributed by atoms with van der Waals surface area (Å²) in [4.78, 5) is 92.0. The minimum atomic E-state index is -2.04. The lowest BCUT2D eigenvalue weighted by atomic mass is 9.57. The summed E-state index contributed by atoms with van der Waals surface area (Å²) in [6, 6.07) is 16.5. The maximum absolute atomic E-state index is 11.9. The van der Waals surface area contributed by atoms with Crippen molar-refractivity contribution < 1.29 is 76.0 Å². The molecular weight excluding hydrogens is 1230 g/mol. The first-order chi connectivity index (χ1) is 43.8. The minimum Gasteiger partial charge on any atom is -0.543 e. The molecular formula is C74H118N2O16Si2. The number of fused-ring (bicyclic) bond motifs is 1. The fourth-order valence-corrected chi connectivity index (χ4v) is 15.1. The molecule has 94 heavy (non-hydrogen) atoms. The minimum absolute atomic E-state index is 0.0772. The van der Waals surface area contributed by atoms with E-state index in [9.17, 15) is 28.8 Å². The van der Waals surface area contributed by atoms with E-state index in [0.29, 0.717) is 56.0 Å². The number of amides is 4. The molecule has 0 aromatic heterocycles. The van der Waals surface area contributed by atoms with E-state index in [-0.39, 0.29) is 64.8 Å². The van der Waals surface area contributed by atoms with Crippen molar-refractivity contribution in [2.45, 2.75) is 286 Å². The van der Waals surface area contributed by atoms with E-state index < -0.39 is 69.0 Å². The van der Waals surface area contributed by atoms with Crippen molar-refractivity contribution in [2.75, 3.05) is 39.6 Å². The smallest absolute Gasteiger partial charge is 0.333 e. The molecule has 0 N–H and O–H groups in total. The molecule has 5 heterocycles. The number of unbranched alkanes of at least 4 members (excludes halogenated alkanes) is 14. The number of ether oxygens (including phenoxy) is 4. The summed E-state index contributed by atoms with van der Waals surface area (Å²) in [6.45, 7) is 44.0. The van der Waals surface area contributed by atoms with Crippen LogP contribution in [0.3, 0.4) is 0 Å². The Morgan fingerprint density at radius 3 is 1.37 bits per heavy atom. The van der Waals surface area contributed by atoms with Crippen LogP contribution in [-0.2, 0) is 73.0 Å². The Morgan fingerprint density at radius 2 is 0.936 bits per heavy atom. The molecule has 0 bridgehead atoms. The number of imide groups is 2. The third kappa shape index (κ3) is 19.4. The van der Waals surface area contributed by atoms with Crippen LogP contribution in [0.25, 0.3) is 5.76 Å². The van der Waals surface area contributed by atoms with Gasteiger partial charge in [-0.3, -0.25) is 19.2 Å². The number of hydrogen-bond donors (Lipinski definition) is 0. The topological polar surface area (TPSA) is 201 Å². The molecule has 0 spiro atoms. The fraction of sp³-hybridized carbons (Fsp3) is 0.730. The number of hydroxylamine groups is 4. The number of carbonyl (C=O) groups is 6. The second-order valence-electron chi connectivity index (χ2n) is 32.4. The third-order valence-electron chi connectivity index (χ3n) is 20.3. The number of rotatable bonds is 36. The average molecular weight is 1350 g/mol. The van der Waals surface area contributed by atoms with E-state index in [4.69, 9.17) is 47.2 Å². The fourth-order valence-electron chi connectivity index (χ4n) is 13.1. The lowest BCUT2D eigenvalue weighted by molar-refractivity contribution is -0.628. The van der Waals surface area contributed by atoms with Gasteiger partial charge in [-0.15, -0.1) is 10.1 Å². The van der Waals surface area contributed by atoms with Crippen molar-refractivity contribution >= 4 is 58.0 Å². The van der Waals surface area contributed by atoms with Crippen molar-refractivity contribution in [3.8, 4) is 11.5 Å². The standard InChI is InChI=1S/C37H59NO9Si.C37H59NO7Si/c1-33(2,3)48(8,9)45-29-20-18-19-28(25-29)36-37(47-46-36,35(6,7)27-43-36)34(4,5)26-42-24-17-15-13-11-10-12-14-16-21-32(41)44-38-30(39)22-23-31(38)40;1-35(2,3)46(8,9)45-29-20-18-19-28(25-29)33-34(37(6,7)27-43-33)36(4,5)26-42-24-17-15-13-11-10-12-14-16-21-32(41)44-38-30(39)22-23-31(38)40/h18-20,25H,10-17,21-24,26-27H2,1-9H3;18-20,25H,10-17,21-24,26-27H2,1-9H3. The van der Waals surface area contributed by atoms with Crippen LogP contribution < -0.4 is 8.85 Å². The van der Waals surface area contributed by atoms with E-state index in [1.807, 2.05) is 18.2 Å². The van der Waals surface area contributed by atoms with Crippen LogP contribution in [0.2, 0.25) is 36.3 Å². The van der Waals surface area contributed by atoms with E-state index in [2.05, 4.69) is 153 Å². The maximum atomic E-state index is 11.9. The highest BCUT2D eigenvalue weighted by Gasteiger charge is 2.82. The van der Waals surface area contributed by atoms with Gasteiger partial charge >= 0.3 is 11.9 Å². The van der Waals surface area contributed by atoms with Crippen LogP contribution in [0.1, 0.15) is 249 Å². The van der Waals surface area contributed by atoms with Gasteiger partial charge < -0.3 is 37.5 Å². The van der Waals surface area contributed by atoms with Crippen LogP contribution in [0.4, 0.5) is 0 Å². The lowest BCUT2D eigenvalue weighted by Crippen LogP contribution is -2.74. The van der Waals surface area contributed by atoms with Crippen LogP contribution >= 0.6 is 0 Å². The highest BCUT2D eigenvalue weighted by atomic mass is 28.4. The second-order valence-corrected chi connectivity index (χ2v) is 41.9. The highest BCUT2D eigenvalue weighted by Crippen LogP contribution is 2.69. The molecule has 528 valence electrons. The number of benzene rings is 2. The molecule has 2 atom stereocenters. The second kappa shape index (κ2) is 32.6. The van der Waals surface area contributed by atoms with Crippen molar-refractivity contribution in [1.82, 2.24) is 10.1 Å². The van der Waals surface area contributed by atoms with E-state index in [1.165, 1.54) is 5.57 Å². The SMILES string of the molecule is CC(C)(COCCCCCCCCCCC(=O)ON1C(=O)CCC1=O)C12OOC1(c1cccc(O[Si](C)(C)C(C)(C)C)c1)OCC2(C)C.CC(C)(COCCCCCCCCCCC(=O)ON1C(=O)CCC1=O)C1=C(c2cccc(O[Si](C)(C)C(C)(C)C)c2)OCC1(C)C. The highest BCUT2D eigenvalue weighted by molar-refractivity contribution is 6.75. The molecule has 4 fully saturated rings. The molecule has 7 rings (SSSR count). The summed E-state index contributed by atoms with van der Waals surface area (Å²) < 4.78 is 38.8. The number of hydrogen-bond acceptors (Lipinski definition) is 16. The van der Waals surface area contributed by atoms with Crippen LogP contribution in [0.15, 0.2) is 54.1 Å². The van der Waals surface area contributed by atoms with Gasteiger partial charge in [0.2, 0.25) is 16.6 Å². The molecule has 5 aliphatic heterocycles. The third-order valence-corrected chi connectivity index (χ3v) is 29.0. The van der Waals surface area contributed by atoms with Crippen LogP contribution in [0, 0.1) is 21.7 Å². The number of nitrogens with zero attached hydrogens (tertiary/aromatic N) is 2. The van der Waals surface area contributed by atoms with Crippen molar-refractivity contribution in [3.63, 3.8) is 0 Å². The van der Waals surface area contributed by atoms with E-state index >= 15 is 0 Å². The van der Waals surface area contributed by atoms with Crippen molar-refractivity contribution in [2.24, 2.45) is 21.7 Å². The number of carbonyl (C=O) groups excluding carboxylic acids is 6. The Kier molecular flexibility index (Phi) is 27.1. The van der Waals surface area contributed by atoms with E-state index in [1.54, 1.807) is 0 Å². The Morgan fingerprint density at radius 1 is 0.521 bits per heavy atom. The molecule has 20 heteroatoms. The van der Waals surface area contributed by atoms with Crippen molar-refractivity contribution in [3.05, 3.63) is 65.2 Å². The molecule has 18 nitrogen and oxygen atoms in total. The summed E-state index contributed by atoms with van der Waals surface area (Å²) in [6.07, 6.45) is 17.3. The molecule has 4 saturated heterocycles. The Bertz CT molecular complexity index is 2910. The zero-order chi connectivity index (χ0) is 69.6. The van der Waals surface area contributed by atoms with Gasteiger partial charge in [-0.1, -0.05) is 198 Å². The van der Waals surface area contributed by atoms with Gasteiger partial charge in [0, 0.05) is 84.5 Å². The molecule has 4 amide bonds. The van der Waals surface area contributed by atoms with Crippen molar-refractivity contribution in [1.29, 1.82) is 0 Å². The zero-order valence-electron chi connectivity index (χ0n) is 60.8. The molecule has 2 aromatic rings. The first kappa shape index (κ1) is 78.0. The average Bonchev–Trinajstić information content (AvgIpc) is 1.39. The zero-order valence-corrected chi connectivity index (χ0v) is 62.8. The lowest BCUT2D eigenvalue weighted by Gasteiger charge is -2.61. The molecule has 2 unspecified atom stereocenters. The largest absolute Gasteiger partial charge is 0.543 e. The molecule has 5 aliphatic rings. The Hall–Kier alpha value is -4.97. The van der Waals surface area contributed by atoms with Gasteiger partial charge in [0.15, 0.2) is 5.60 Å². The monoisotopic (exact) mass is 1350 g/mol. The van der Waals surface area contributed by atoms with Crippen LogP contribution in [-0.4, -0.2) is 108 Å². The first-order valence-electron chi connectivity index (χ1n) is 35.1. The molecule has 0 radical (unpaired) electrons. The summed E-state index contributed by atoms with van der Waals surface area (Å²) >= 11 is 0. The molecule has 0 aliphatic carbocycles. The summed E-state index contributed by atoms with van der Waals surface area (Å²) in [7, 11) is -3.99. The normalized spacial score (nSPS) is 20.7. The molecule has 0 saturated carbocycles. The summed E-state index contributed by atoms with van der Waals surface area (Å²) in [5.74, 6) is -1.13. The first-order valence-corrected chi connectivity index (χ1v) is 40.9. The van der Waals surface area contributed by atoms with Gasteiger partial charge in [0.25, 0.3) is 29.4 Å². The van der Waals surface area contributed by atoms with Gasteiger partial charge in [-0.2, -0.15) is 4.89 Å². The molecule has 2 aromatic carbocycles.